The average Bonchev–Trinajstić information content (AvgIpc) is 3.06. The monoisotopic (exact) mass is 313 g/mol. The van der Waals surface area contributed by atoms with Gasteiger partial charge in [0, 0.05) is 43.7 Å². The fourth-order valence-electron chi connectivity index (χ4n) is 2.74. The third-order valence-corrected chi connectivity index (χ3v) is 4.00. The minimum atomic E-state index is -0.00621. The number of amides is 1. The SMILES string of the molecule is O=C(NCCCNC[C@@H]1CNc2ccnn2C1)c1ccccc1. The second-order valence-corrected chi connectivity index (χ2v) is 5.83. The molecular formula is C17H23N5O. The molecule has 0 unspecified atom stereocenters. The average molecular weight is 313 g/mol. The number of aromatic nitrogens is 2. The number of nitrogens with one attached hydrogen (secondary N) is 3. The topological polar surface area (TPSA) is 71.0 Å². The molecule has 1 aliphatic heterocycles. The van der Waals surface area contributed by atoms with E-state index < -0.39 is 0 Å². The van der Waals surface area contributed by atoms with Gasteiger partial charge in [-0.05, 0) is 25.1 Å². The van der Waals surface area contributed by atoms with Gasteiger partial charge in [0.25, 0.3) is 5.91 Å². The Morgan fingerprint density at radius 1 is 1.26 bits per heavy atom. The summed E-state index contributed by atoms with van der Waals surface area (Å²) in [7, 11) is 0. The smallest absolute Gasteiger partial charge is 0.251 e. The molecule has 0 spiro atoms. The van der Waals surface area contributed by atoms with Crippen LogP contribution in [0.4, 0.5) is 5.82 Å². The van der Waals surface area contributed by atoms with Crippen molar-refractivity contribution in [2.45, 2.75) is 13.0 Å². The van der Waals surface area contributed by atoms with Crippen LogP contribution < -0.4 is 16.0 Å². The van der Waals surface area contributed by atoms with Crippen LogP contribution in [-0.2, 0) is 6.54 Å². The molecule has 6 nitrogen and oxygen atoms in total. The lowest BCUT2D eigenvalue weighted by molar-refractivity contribution is 0.0953. The van der Waals surface area contributed by atoms with E-state index in [1.54, 1.807) is 0 Å². The van der Waals surface area contributed by atoms with E-state index in [9.17, 15) is 4.79 Å². The van der Waals surface area contributed by atoms with Gasteiger partial charge in [-0.15, -0.1) is 0 Å². The second-order valence-electron chi connectivity index (χ2n) is 5.83. The van der Waals surface area contributed by atoms with Gasteiger partial charge >= 0.3 is 0 Å². The molecule has 1 aliphatic rings. The summed E-state index contributed by atoms with van der Waals surface area (Å²) in [6, 6.07) is 11.3. The van der Waals surface area contributed by atoms with Crippen LogP contribution in [0.1, 0.15) is 16.8 Å². The Morgan fingerprint density at radius 3 is 3.00 bits per heavy atom. The Bertz CT molecular complexity index is 625. The number of hydrogen-bond acceptors (Lipinski definition) is 4. The normalized spacial score (nSPS) is 16.4. The number of fused-ring (bicyclic) bond motifs is 1. The maximum absolute atomic E-state index is 11.9. The molecule has 1 amide bonds. The lowest BCUT2D eigenvalue weighted by Crippen LogP contribution is -2.36. The third kappa shape index (κ3) is 4.32. The van der Waals surface area contributed by atoms with Crippen LogP contribution in [0.3, 0.4) is 0 Å². The molecule has 6 heteroatoms. The Hall–Kier alpha value is -2.34. The summed E-state index contributed by atoms with van der Waals surface area (Å²) in [4.78, 5) is 11.9. The maximum atomic E-state index is 11.9. The summed E-state index contributed by atoms with van der Waals surface area (Å²) in [6.45, 7) is 4.47. The van der Waals surface area contributed by atoms with E-state index in [0.29, 0.717) is 18.0 Å². The van der Waals surface area contributed by atoms with Crippen LogP contribution in [0.15, 0.2) is 42.6 Å². The van der Waals surface area contributed by atoms with Gasteiger partial charge in [-0.3, -0.25) is 4.79 Å². The summed E-state index contributed by atoms with van der Waals surface area (Å²) in [5.41, 5.74) is 0.712. The highest BCUT2D eigenvalue weighted by Gasteiger charge is 2.17. The van der Waals surface area contributed by atoms with Crippen molar-refractivity contribution in [1.82, 2.24) is 20.4 Å². The molecule has 122 valence electrons. The van der Waals surface area contributed by atoms with Crippen LogP contribution in [-0.4, -0.2) is 41.9 Å². The number of anilines is 1. The predicted molar refractivity (Wildman–Crippen MR) is 90.5 cm³/mol. The first-order valence-electron chi connectivity index (χ1n) is 8.12. The van der Waals surface area contributed by atoms with E-state index in [1.165, 1.54) is 0 Å². The molecule has 0 saturated heterocycles. The lowest BCUT2D eigenvalue weighted by Gasteiger charge is -2.25. The molecule has 3 N–H and O–H groups in total. The Balaban J connectivity index is 1.27. The molecule has 0 saturated carbocycles. The Kier molecular flexibility index (Phi) is 5.26. The van der Waals surface area contributed by atoms with Crippen LogP contribution in [0.5, 0.6) is 0 Å². The van der Waals surface area contributed by atoms with Gasteiger partial charge in [0.2, 0.25) is 0 Å². The van der Waals surface area contributed by atoms with E-state index in [4.69, 9.17) is 0 Å². The highest BCUT2D eigenvalue weighted by molar-refractivity contribution is 5.94. The summed E-state index contributed by atoms with van der Waals surface area (Å²) in [5, 5.41) is 14.1. The molecule has 1 aromatic carbocycles. The third-order valence-electron chi connectivity index (χ3n) is 4.00. The van der Waals surface area contributed by atoms with E-state index in [0.717, 1.165) is 38.4 Å². The van der Waals surface area contributed by atoms with Crippen molar-refractivity contribution in [3.05, 3.63) is 48.2 Å². The van der Waals surface area contributed by atoms with Gasteiger partial charge < -0.3 is 16.0 Å². The van der Waals surface area contributed by atoms with Gasteiger partial charge in [-0.25, -0.2) is 4.68 Å². The molecule has 0 fully saturated rings. The van der Waals surface area contributed by atoms with Gasteiger partial charge in [-0.2, -0.15) is 5.10 Å². The summed E-state index contributed by atoms with van der Waals surface area (Å²) < 4.78 is 2.01. The first kappa shape index (κ1) is 15.6. The zero-order valence-electron chi connectivity index (χ0n) is 13.2. The van der Waals surface area contributed by atoms with Crippen molar-refractivity contribution in [3.63, 3.8) is 0 Å². The van der Waals surface area contributed by atoms with Crippen molar-refractivity contribution in [2.75, 3.05) is 31.5 Å². The highest BCUT2D eigenvalue weighted by atomic mass is 16.1. The first-order valence-corrected chi connectivity index (χ1v) is 8.12. The van der Waals surface area contributed by atoms with Gasteiger partial charge in [0.1, 0.15) is 5.82 Å². The first-order chi connectivity index (χ1) is 11.3. The van der Waals surface area contributed by atoms with E-state index in [1.807, 2.05) is 47.3 Å². The van der Waals surface area contributed by atoms with Crippen molar-refractivity contribution in [2.24, 2.45) is 5.92 Å². The largest absolute Gasteiger partial charge is 0.370 e. The molecule has 0 radical (unpaired) electrons. The quantitative estimate of drug-likeness (QED) is 0.675. The molecule has 1 atom stereocenters. The molecule has 1 aromatic heterocycles. The van der Waals surface area contributed by atoms with Crippen LogP contribution in [0.25, 0.3) is 0 Å². The van der Waals surface area contributed by atoms with E-state index in [2.05, 4.69) is 21.0 Å². The predicted octanol–water partition coefficient (Wildman–Crippen LogP) is 1.33. The zero-order chi connectivity index (χ0) is 15.9. The van der Waals surface area contributed by atoms with Crippen LogP contribution >= 0.6 is 0 Å². The van der Waals surface area contributed by atoms with Gasteiger partial charge in [0.05, 0.1) is 6.20 Å². The van der Waals surface area contributed by atoms with Gasteiger partial charge in [-0.1, -0.05) is 18.2 Å². The summed E-state index contributed by atoms with van der Waals surface area (Å²) in [6.07, 6.45) is 2.75. The standard InChI is InChI=1S/C17H23N5O/c23-17(15-5-2-1-3-6-15)19-9-4-8-18-11-14-12-20-16-7-10-21-22(16)13-14/h1-3,5-7,10,14,18,20H,4,8-9,11-13H2,(H,19,23)/t14-/m1/s1. The Labute approximate surface area is 136 Å². The minimum Gasteiger partial charge on any atom is -0.370 e. The zero-order valence-corrected chi connectivity index (χ0v) is 13.2. The summed E-state index contributed by atoms with van der Waals surface area (Å²) in [5.74, 6) is 1.64. The fraction of sp³-hybridized carbons (Fsp3) is 0.412. The molecule has 23 heavy (non-hydrogen) atoms. The number of carbonyl (C=O) groups is 1. The maximum Gasteiger partial charge on any atom is 0.251 e. The van der Waals surface area contributed by atoms with E-state index >= 15 is 0 Å². The molecular weight excluding hydrogens is 290 g/mol. The number of carbonyl (C=O) groups excluding carboxylic acids is 1. The molecule has 2 aromatic rings. The van der Waals surface area contributed by atoms with E-state index in [-0.39, 0.29) is 5.91 Å². The minimum absolute atomic E-state index is 0.00621. The van der Waals surface area contributed by atoms with Crippen molar-refractivity contribution >= 4 is 11.7 Å². The number of hydrogen-bond donors (Lipinski definition) is 3. The van der Waals surface area contributed by atoms with Crippen LogP contribution in [0, 0.1) is 5.92 Å². The Morgan fingerprint density at radius 2 is 2.13 bits per heavy atom. The molecule has 0 bridgehead atoms. The fourth-order valence-corrected chi connectivity index (χ4v) is 2.74. The lowest BCUT2D eigenvalue weighted by atomic mass is 10.1. The second kappa shape index (κ2) is 7.78. The number of benzene rings is 1. The molecule has 2 heterocycles. The molecule has 3 rings (SSSR count). The molecule has 0 aliphatic carbocycles. The highest BCUT2D eigenvalue weighted by Crippen LogP contribution is 2.15. The number of nitrogens with zero attached hydrogens (tertiary/aromatic N) is 2. The van der Waals surface area contributed by atoms with Crippen LogP contribution in [0.2, 0.25) is 0 Å². The van der Waals surface area contributed by atoms with Crippen molar-refractivity contribution in [1.29, 1.82) is 0 Å². The number of rotatable bonds is 7. The van der Waals surface area contributed by atoms with Crippen molar-refractivity contribution < 1.29 is 4.79 Å². The van der Waals surface area contributed by atoms with Crippen molar-refractivity contribution in [3.8, 4) is 0 Å². The van der Waals surface area contributed by atoms with Gasteiger partial charge in [0.15, 0.2) is 0 Å². The summed E-state index contributed by atoms with van der Waals surface area (Å²) >= 11 is 0.